The molecule has 4 heteroatoms. The summed E-state index contributed by atoms with van der Waals surface area (Å²) >= 11 is 12.4. The van der Waals surface area contributed by atoms with Gasteiger partial charge in [-0.2, -0.15) is 0 Å². The molecule has 0 aliphatic heterocycles. The Morgan fingerprint density at radius 3 is 2.67 bits per heavy atom. The second-order valence-corrected chi connectivity index (χ2v) is 5.99. The van der Waals surface area contributed by atoms with Gasteiger partial charge < -0.3 is 0 Å². The fourth-order valence-electron chi connectivity index (χ4n) is 2.70. The van der Waals surface area contributed by atoms with Gasteiger partial charge >= 0.3 is 0 Å². The molecule has 108 valence electrons. The Labute approximate surface area is 134 Å². The van der Waals surface area contributed by atoms with E-state index < -0.39 is 0 Å². The summed E-state index contributed by atoms with van der Waals surface area (Å²) in [6.45, 7) is 4.20. The van der Waals surface area contributed by atoms with E-state index in [-0.39, 0.29) is 0 Å². The van der Waals surface area contributed by atoms with Crippen LogP contribution in [0, 0.1) is 13.8 Å². The predicted octanol–water partition coefficient (Wildman–Crippen LogP) is 5.08. The summed E-state index contributed by atoms with van der Waals surface area (Å²) in [5, 5.41) is 0.709. The third-order valence-corrected chi connectivity index (χ3v) is 4.10. The number of para-hydroxylation sites is 1. The van der Waals surface area contributed by atoms with E-state index in [1.54, 1.807) is 0 Å². The second kappa shape index (κ2) is 5.70. The molecule has 0 aliphatic carbocycles. The van der Waals surface area contributed by atoms with E-state index in [4.69, 9.17) is 28.2 Å². The minimum atomic E-state index is 0.534. The smallest absolute Gasteiger partial charge is 0.115 e. The zero-order chi connectivity index (χ0) is 15.0. The van der Waals surface area contributed by atoms with E-state index in [2.05, 4.69) is 36.6 Å². The van der Waals surface area contributed by atoms with Crippen molar-refractivity contribution in [1.82, 2.24) is 9.55 Å². The quantitative estimate of drug-likeness (QED) is 0.616. The molecule has 0 atom stereocenters. The van der Waals surface area contributed by atoms with E-state index in [0.29, 0.717) is 17.3 Å². The topological polar surface area (TPSA) is 17.8 Å². The first-order valence-electron chi connectivity index (χ1n) is 6.91. The molecular formula is C17H16Cl2N2. The van der Waals surface area contributed by atoms with Crippen LogP contribution in [-0.4, -0.2) is 15.4 Å². The molecule has 0 bridgehead atoms. The molecule has 2 nitrogen and oxygen atoms in total. The summed E-state index contributed by atoms with van der Waals surface area (Å²) in [6, 6.07) is 12.2. The van der Waals surface area contributed by atoms with Crippen molar-refractivity contribution in [3.63, 3.8) is 0 Å². The minimum Gasteiger partial charge on any atom is -0.295 e. The Balaban J connectivity index is 2.35. The molecule has 0 radical (unpaired) electrons. The molecule has 0 saturated carbocycles. The van der Waals surface area contributed by atoms with Crippen molar-refractivity contribution in [1.29, 1.82) is 0 Å². The van der Waals surface area contributed by atoms with Crippen LogP contribution in [-0.2, 0) is 6.42 Å². The van der Waals surface area contributed by atoms with Gasteiger partial charge in [0.25, 0.3) is 0 Å². The molecule has 0 unspecified atom stereocenters. The van der Waals surface area contributed by atoms with Crippen LogP contribution in [0.1, 0.15) is 17.0 Å². The van der Waals surface area contributed by atoms with Crippen LogP contribution in [0.4, 0.5) is 0 Å². The van der Waals surface area contributed by atoms with Gasteiger partial charge in [-0.25, -0.2) is 4.98 Å². The van der Waals surface area contributed by atoms with Crippen LogP contribution >= 0.6 is 23.2 Å². The maximum absolute atomic E-state index is 6.42. The highest BCUT2D eigenvalue weighted by molar-refractivity contribution is 6.35. The zero-order valence-electron chi connectivity index (χ0n) is 12.0. The highest BCUT2D eigenvalue weighted by atomic mass is 35.5. The fraction of sp³-hybridized carbons (Fsp3) is 0.235. The summed E-state index contributed by atoms with van der Waals surface area (Å²) in [5.41, 5.74) is 5.40. The monoisotopic (exact) mass is 318 g/mol. The summed E-state index contributed by atoms with van der Waals surface area (Å²) in [4.78, 5) is 4.70. The molecule has 1 aromatic heterocycles. The lowest BCUT2D eigenvalue weighted by Crippen LogP contribution is -2.04. The van der Waals surface area contributed by atoms with Crippen LogP contribution in [0.3, 0.4) is 0 Å². The number of imidazole rings is 1. The van der Waals surface area contributed by atoms with E-state index in [1.165, 1.54) is 11.1 Å². The Hall–Kier alpha value is -1.51. The third kappa shape index (κ3) is 2.54. The van der Waals surface area contributed by atoms with Gasteiger partial charge in [-0.05, 0) is 37.6 Å². The number of nitrogens with zero attached hydrogens (tertiary/aromatic N) is 2. The number of aromatic nitrogens is 2. The molecule has 0 fully saturated rings. The van der Waals surface area contributed by atoms with E-state index >= 15 is 0 Å². The summed E-state index contributed by atoms with van der Waals surface area (Å²) in [7, 11) is 0. The van der Waals surface area contributed by atoms with Crippen LogP contribution in [0.25, 0.3) is 16.7 Å². The first-order valence-corrected chi connectivity index (χ1v) is 7.82. The SMILES string of the molecule is Cc1ccc(-n2c(CCCl)nc3cccc(Cl)c32)c(C)c1. The lowest BCUT2D eigenvalue weighted by molar-refractivity contribution is 0.906. The van der Waals surface area contributed by atoms with E-state index in [1.807, 2.05) is 18.2 Å². The minimum absolute atomic E-state index is 0.534. The van der Waals surface area contributed by atoms with Crippen molar-refractivity contribution in [2.75, 3.05) is 5.88 Å². The van der Waals surface area contributed by atoms with Gasteiger partial charge in [-0.15, -0.1) is 11.6 Å². The molecule has 0 aliphatic rings. The van der Waals surface area contributed by atoms with Crippen molar-refractivity contribution in [2.24, 2.45) is 0 Å². The fourth-order valence-corrected chi connectivity index (χ4v) is 3.12. The number of benzene rings is 2. The van der Waals surface area contributed by atoms with Crippen LogP contribution in [0.2, 0.25) is 5.02 Å². The number of aryl methyl sites for hydroxylation is 3. The number of alkyl halides is 1. The maximum atomic E-state index is 6.42. The van der Waals surface area contributed by atoms with Gasteiger partial charge in [-0.3, -0.25) is 4.57 Å². The lowest BCUT2D eigenvalue weighted by atomic mass is 10.1. The van der Waals surface area contributed by atoms with Crippen molar-refractivity contribution < 1.29 is 0 Å². The van der Waals surface area contributed by atoms with Crippen molar-refractivity contribution in [2.45, 2.75) is 20.3 Å². The van der Waals surface area contributed by atoms with Crippen molar-refractivity contribution in [3.8, 4) is 5.69 Å². The van der Waals surface area contributed by atoms with E-state index in [9.17, 15) is 0 Å². The summed E-state index contributed by atoms with van der Waals surface area (Å²) < 4.78 is 2.13. The number of hydrogen-bond acceptors (Lipinski definition) is 1. The van der Waals surface area contributed by atoms with Crippen molar-refractivity contribution >= 4 is 34.2 Å². The Kier molecular flexibility index (Phi) is 3.92. The van der Waals surface area contributed by atoms with Gasteiger partial charge in [0.2, 0.25) is 0 Å². The normalized spacial score (nSPS) is 11.2. The predicted molar refractivity (Wildman–Crippen MR) is 90.0 cm³/mol. The molecule has 3 rings (SSSR count). The standard InChI is InChI=1S/C17H16Cl2N2/c1-11-6-7-15(12(2)10-11)21-16(8-9-18)20-14-5-3-4-13(19)17(14)21/h3-7,10H,8-9H2,1-2H3. The first-order chi connectivity index (χ1) is 10.1. The third-order valence-electron chi connectivity index (χ3n) is 3.61. The van der Waals surface area contributed by atoms with Gasteiger partial charge in [0.05, 0.1) is 21.7 Å². The highest BCUT2D eigenvalue weighted by Gasteiger charge is 2.15. The van der Waals surface area contributed by atoms with Gasteiger partial charge in [0, 0.05) is 12.3 Å². The van der Waals surface area contributed by atoms with E-state index in [0.717, 1.165) is 22.5 Å². The molecule has 21 heavy (non-hydrogen) atoms. The summed E-state index contributed by atoms with van der Waals surface area (Å²) in [6.07, 6.45) is 0.708. The maximum Gasteiger partial charge on any atom is 0.115 e. The van der Waals surface area contributed by atoms with Crippen LogP contribution < -0.4 is 0 Å². The molecule has 0 saturated heterocycles. The number of rotatable bonds is 3. The second-order valence-electron chi connectivity index (χ2n) is 5.20. The highest BCUT2D eigenvalue weighted by Crippen LogP contribution is 2.29. The summed E-state index contributed by atoms with van der Waals surface area (Å²) in [5.74, 6) is 1.48. The van der Waals surface area contributed by atoms with Crippen molar-refractivity contribution in [3.05, 3.63) is 58.4 Å². The molecule has 0 amide bonds. The van der Waals surface area contributed by atoms with Gasteiger partial charge in [-0.1, -0.05) is 35.4 Å². The molecule has 1 heterocycles. The van der Waals surface area contributed by atoms with Crippen LogP contribution in [0.5, 0.6) is 0 Å². The van der Waals surface area contributed by atoms with Gasteiger partial charge in [0.1, 0.15) is 5.82 Å². The molecule has 0 N–H and O–H groups in total. The number of fused-ring (bicyclic) bond motifs is 1. The Morgan fingerprint density at radius 2 is 1.95 bits per heavy atom. The number of halogens is 2. The Morgan fingerprint density at radius 1 is 1.14 bits per heavy atom. The largest absolute Gasteiger partial charge is 0.295 e. The first kappa shape index (κ1) is 14.4. The average Bonchev–Trinajstić information content (AvgIpc) is 2.79. The molecule has 0 spiro atoms. The zero-order valence-corrected chi connectivity index (χ0v) is 13.5. The lowest BCUT2D eigenvalue weighted by Gasteiger charge is -2.13. The average molecular weight is 319 g/mol. The molecule has 3 aromatic rings. The molecule has 2 aromatic carbocycles. The van der Waals surface area contributed by atoms with Crippen LogP contribution in [0.15, 0.2) is 36.4 Å². The molecular weight excluding hydrogens is 303 g/mol. The van der Waals surface area contributed by atoms with Gasteiger partial charge in [0.15, 0.2) is 0 Å². The Bertz CT molecular complexity index is 806. The number of hydrogen-bond donors (Lipinski definition) is 0.